The Morgan fingerprint density at radius 3 is 2.94 bits per heavy atom. The molecule has 1 rings (SSSR count). The molecule has 5 heteroatoms. The van der Waals surface area contributed by atoms with E-state index >= 15 is 0 Å². The number of hydrogen-bond donors (Lipinski definition) is 0. The lowest BCUT2D eigenvalue weighted by atomic mass is 10.3. The van der Waals surface area contributed by atoms with Gasteiger partial charge in [0.1, 0.15) is 6.10 Å². The summed E-state index contributed by atoms with van der Waals surface area (Å²) >= 11 is 5.58. The summed E-state index contributed by atoms with van der Waals surface area (Å²) in [6, 6.07) is 1.53. The van der Waals surface area contributed by atoms with E-state index in [1.165, 1.54) is 12.3 Å². The van der Waals surface area contributed by atoms with Gasteiger partial charge in [-0.2, -0.15) is 0 Å². The molecular weight excluding hydrogens is 233 g/mol. The first-order valence-corrected chi connectivity index (χ1v) is 5.66. The Bertz CT molecular complexity index is 336. The first-order valence-electron chi connectivity index (χ1n) is 5.12. The molecule has 90 valence electrons. The van der Waals surface area contributed by atoms with E-state index in [4.69, 9.17) is 21.1 Å². The van der Waals surface area contributed by atoms with Gasteiger partial charge in [-0.15, -0.1) is 11.6 Å². The van der Waals surface area contributed by atoms with E-state index < -0.39 is 5.82 Å². The molecule has 0 aromatic carbocycles. The van der Waals surface area contributed by atoms with E-state index in [1.807, 2.05) is 6.92 Å². The minimum absolute atomic E-state index is 0.0228. The van der Waals surface area contributed by atoms with Crippen LogP contribution in [0.4, 0.5) is 4.39 Å². The van der Waals surface area contributed by atoms with Crippen LogP contribution in [0.25, 0.3) is 0 Å². The van der Waals surface area contributed by atoms with Gasteiger partial charge in [-0.25, -0.2) is 9.37 Å². The van der Waals surface area contributed by atoms with Crippen LogP contribution in [0.3, 0.4) is 0 Å². The highest BCUT2D eigenvalue weighted by Crippen LogP contribution is 2.19. The molecular formula is C11H15ClFNO2. The zero-order valence-corrected chi connectivity index (χ0v) is 10.1. The molecule has 1 heterocycles. The van der Waals surface area contributed by atoms with Gasteiger partial charge < -0.3 is 9.47 Å². The third-order valence-corrected chi connectivity index (χ3v) is 2.24. The van der Waals surface area contributed by atoms with Gasteiger partial charge in [0.15, 0.2) is 5.82 Å². The molecule has 0 bridgehead atoms. The average Bonchev–Trinajstić information content (AvgIpc) is 2.29. The quantitative estimate of drug-likeness (QED) is 0.725. The number of halogens is 2. The van der Waals surface area contributed by atoms with E-state index in [1.54, 1.807) is 6.92 Å². The molecule has 1 atom stereocenters. The summed E-state index contributed by atoms with van der Waals surface area (Å²) in [5, 5.41) is 0. The van der Waals surface area contributed by atoms with Crippen LogP contribution < -0.4 is 4.74 Å². The number of ether oxygens (including phenoxy) is 2. The lowest BCUT2D eigenvalue weighted by Gasteiger charge is -2.14. The second-order valence-corrected chi connectivity index (χ2v) is 3.58. The van der Waals surface area contributed by atoms with Gasteiger partial charge in [0.25, 0.3) is 5.88 Å². The lowest BCUT2D eigenvalue weighted by molar-refractivity contribution is 0.0610. The molecule has 0 aliphatic rings. The lowest BCUT2D eigenvalue weighted by Crippen LogP contribution is -2.20. The van der Waals surface area contributed by atoms with Gasteiger partial charge in [-0.1, -0.05) is 0 Å². The topological polar surface area (TPSA) is 31.4 Å². The fraction of sp³-hybridized carbons (Fsp3) is 0.545. The number of pyridine rings is 1. The highest BCUT2D eigenvalue weighted by Gasteiger charge is 2.13. The third-order valence-electron chi connectivity index (χ3n) is 1.95. The number of nitrogens with zero attached hydrogens (tertiary/aromatic N) is 1. The van der Waals surface area contributed by atoms with Crippen molar-refractivity contribution in [3.63, 3.8) is 0 Å². The molecule has 0 N–H and O–H groups in total. The summed E-state index contributed by atoms with van der Waals surface area (Å²) < 4.78 is 24.1. The van der Waals surface area contributed by atoms with E-state index in [0.717, 1.165) is 0 Å². The van der Waals surface area contributed by atoms with Gasteiger partial charge >= 0.3 is 0 Å². The minimum Gasteiger partial charge on any atom is -0.470 e. The van der Waals surface area contributed by atoms with Crippen molar-refractivity contribution in [3.8, 4) is 5.88 Å². The minimum atomic E-state index is -0.499. The second-order valence-electron chi connectivity index (χ2n) is 3.31. The normalized spacial score (nSPS) is 12.5. The van der Waals surface area contributed by atoms with Crippen LogP contribution in [-0.4, -0.2) is 24.3 Å². The highest BCUT2D eigenvalue weighted by atomic mass is 35.5. The SMILES string of the molecule is CCOCC(C)Oc1nccc(CCl)c1F. The monoisotopic (exact) mass is 247 g/mol. The Morgan fingerprint density at radius 2 is 2.31 bits per heavy atom. The fourth-order valence-electron chi connectivity index (χ4n) is 1.16. The third kappa shape index (κ3) is 3.61. The maximum Gasteiger partial charge on any atom is 0.251 e. The molecule has 1 unspecified atom stereocenters. The highest BCUT2D eigenvalue weighted by molar-refractivity contribution is 6.17. The Morgan fingerprint density at radius 1 is 1.56 bits per heavy atom. The Hall–Kier alpha value is -0.870. The smallest absolute Gasteiger partial charge is 0.251 e. The van der Waals surface area contributed by atoms with E-state index in [9.17, 15) is 4.39 Å². The van der Waals surface area contributed by atoms with Crippen molar-refractivity contribution in [3.05, 3.63) is 23.6 Å². The van der Waals surface area contributed by atoms with Gasteiger partial charge in [-0.3, -0.25) is 0 Å². The fourth-order valence-corrected chi connectivity index (χ4v) is 1.36. The molecule has 3 nitrogen and oxygen atoms in total. The largest absolute Gasteiger partial charge is 0.470 e. The van der Waals surface area contributed by atoms with Crippen molar-refractivity contribution in [2.45, 2.75) is 25.8 Å². The van der Waals surface area contributed by atoms with Crippen LogP contribution in [0.1, 0.15) is 19.4 Å². The molecule has 0 aliphatic heterocycles. The number of aromatic nitrogens is 1. The summed E-state index contributed by atoms with van der Waals surface area (Å²) in [5.41, 5.74) is 0.385. The Kier molecular flexibility index (Phi) is 5.49. The second kappa shape index (κ2) is 6.66. The van der Waals surface area contributed by atoms with Crippen LogP contribution in [0, 0.1) is 5.82 Å². The molecule has 1 aromatic heterocycles. The summed E-state index contributed by atoms with van der Waals surface area (Å²) in [7, 11) is 0. The molecule has 1 aromatic rings. The molecule has 0 spiro atoms. The van der Waals surface area contributed by atoms with Gasteiger partial charge in [0.2, 0.25) is 0 Å². The number of alkyl halides is 1. The van der Waals surface area contributed by atoms with Crippen molar-refractivity contribution in [1.29, 1.82) is 0 Å². The summed E-state index contributed by atoms with van der Waals surface area (Å²) in [6.07, 6.45) is 1.23. The summed E-state index contributed by atoms with van der Waals surface area (Å²) in [5.74, 6) is -0.420. The number of hydrogen-bond acceptors (Lipinski definition) is 3. The molecule has 16 heavy (non-hydrogen) atoms. The van der Waals surface area contributed by atoms with Crippen molar-refractivity contribution in [2.24, 2.45) is 0 Å². The van der Waals surface area contributed by atoms with Crippen molar-refractivity contribution in [1.82, 2.24) is 4.98 Å². The predicted molar refractivity (Wildman–Crippen MR) is 60.3 cm³/mol. The Balaban J connectivity index is 2.66. The van der Waals surface area contributed by atoms with Crippen molar-refractivity contribution < 1.29 is 13.9 Å². The van der Waals surface area contributed by atoms with E-state index in [0.29, 0.717) is 18.8 Å². The van der Waals surface area contributed by atoms with Crippen LogP contribution in [0.2, 0.25) is 0 Å². The first-order chi connectivity index (χ1) is 7.69. The molecule has 0 saturated heterocycles. The van der Waals surface area contributed by atoms with Crippen LogP contribution in [0.5, 0.6) is 5.88 Å². The predicted octanol–water partition coefficient (Wildman–Crippen LogP) is 2.76. The summed E-state index contributed by atoms with van der Waals surface area (Å²) in [4.78, 5) is 3.82. The van der Waals surface area contributed by atoms with Gasteiger partial charge in [0.05, 0.1) is 12.5 Å². The van der Waals surface area contributed by atoms with Gasteiger partial charge in [0, 0.05) is 18.4 Å². The van der Waals surface area contributed by atoms with E-state index in [-0.39, 0.29) is 17.9 Å². The maximum atomic E-state index is 13.6. The van der Waals surface area contributed by atoms with E-state index in [2.05, 4.69) is 4.98 Å². The van der Waals surface area contributed by atoms with Crippen LogP contribution >= 0.6 is 11.6 Å². The van der Waals surface area contributed by atoms with Crippen LogP contribution in [0.15, 0.2) is 12.3 Å². The standard InChI is InChI=1S/C11H15ClFNO2/c1-3-15-7-8(2)16-11-10(13)9(6-12)4-5-14-11/h4-5,8H,3,6-7H2,1-2H3. The summed E-state index contributed by atoms with van der Waals surface area (Å²) in [6.45, 7) is 4.69. The van der Waals surface area contributed by atoms with Crippen molar-refractivity contribution in [2.75, 3.05) is 13.2 Å². The van der Waals surface area contributed by atoms with Crippen LogP contribution in [-0.2, 0) is 10.6 Å². The molecule has 0 saturated carbocycles. The molecule has 0 radical (unpaired) electrons. The van der Waals surface area contributed by atoms with Crippen molar-refractivity contribution >= 4 is 11.6 Å². The Labute approximate surface area is 99.5 Å². The number of rotatable bonds is 6. The molecule has 0 aliphatic carbocycles. The first kappa shape index (κ1) is 13.2. The zero-order valence-electron chi connectivity index (χ0n) is 9.37. The zero-order chi connectivity index (χ0) is 12.0. The molecule has 0 fully saturated rings. The average molecular weight is 248 g/mol. The molecule has 0 amide bonds. The maximum absolute atomic E-state index is 13.6. The van der Waals surface area contributed by atoms with Gasteiger partial charge in [-0.05, 0) is 19.9 Å².